The van der Waals surface area contributed by atoms with Gasteiger partial charge in [0, 0.05) is 0 Å². The minimum atomic E-state index is -0.579. The Morgan fingerprint density at radius 1 is 1.50 bits per heavy atom. The zero-order valence-electron chi connectivity index (χ0n) is 10.9. The summed E-state index contributed by atoms with van der Waals surface area (Å²) in [4.78, 5) is 11.8. The van der Waals surface area contributed by atoms with E-state index in [2.05, 4.69) is 5.32 Å². The van der Waals surface area contributed by atoms with Gasteiger partial charge in [0.05, 0.1) is 17.5 Å². The maximum atomic E-state index is 12.8. The third-order valence-corrected chi connectivity index (χ3v) is 2.65. The van der Waals surface area contributed by atoms with E-state index in [0.29, 0.717) is 5.69 Å². The Hall–Kier alpha value is -1.62. The molecule has 0 fully saturated rings. The van der Waals surface area contributed by atoms with Gasteiger partial charge in [0.25, 0.3) is 5.91 Å². The standard InChI is InChI=1S/C13H19FN2O2/c1-4-8(2)18-9(3)13(17)16-12-6-5-10(14)7-11(12)15/h5-9H,4,15H2,1-3H3,(H,16,17). The molecule has 18 heavy (non-hydrogen) atoms. The van der Waals surface area contributed by atoms with Crippen molar-refractivity contribution in [3.05, 3.63) is 24.0 Å². The average Bonchev–Trinajstić information content (AvgIpc) is 2.32. The number of amides is 1. The number of ether oxygens (including phenoxy) is 1. The second-order valence-electron chi connectivity index (χ2n) is 4.22. The number of nitrogens with one attached hydrogen (secondary N) is 1. The van der Waals surface area contributed by atoms with Gasteiger partial charge in [-0.05, 0) is 38.5 Å². The number of benzene rings is 1. The molecule has 1 amide bonds. The van der Waals surface area contributed by atoms with E-state index in [1.165, 1.54) is 12.1 Å². The first-order valence-corrected chi connectivity index (χ1v) is 5.95. The van der Waals surface area contributed by atoms with Crippen molar-refractivity contribution in [1.82, 2.24) is 0 Å². The normalized spacial score (nSPS) is 14.0. The number of hydrogen-bond donors (Lipinski definition) is 2. The van der Waals surface area contributed by atoms with Crippen molar-refractivity contribution in [3.8, 4) is 0 Å². The van der Waals surface area contributed by atoms with Gasteiger partial charge in [0.15, 0.2) is 0 Å². The molecule has 0 aromatic heterocycles. The smallest absolute Gasteiger partial charge is 0.253 e. The number of nitrogen functional groups attached to an aromatic ring is 1. The fraction of sp³-hybridized carbons (Fsp3) is 0.462. The van der Waals surface area contributed by atoms with Gasteiger partial charge in [0.2, 0.25) is 0 Å². The highest BCUT2D eigenvalue weighted by molar-refractivity contribution is 5.96. The van der Waals surface area contributed by atoms with Gasteiger partial charge in [-0.25, -0.2) is 4.39 Å². The van der Waals surface area contributed by atoms with E-state index in [1.54, 1.807) is 6.92 Å². The van der Waals surface area contributed by atoms with Crippen molar-refractivity contribution >= 4 is 17.3 Å². The van der Waals surface area contributed by atoms with E-state index in [9.17, 15) is 9.18 Å². The third kappa shape index (κ3) is 4.00. The van der Waals surface area contributed by atoms with E-state index in [-0.39, 0.29) is 17.7 Å². The van der Waals surface area contributed by atoms with Crippen LogP contribution in [0.15, 0.2) is 18.2 Å². The minimum absolute atomic E-state index is 0.0105. The molecule has 0 spiro atoms. The third-order valence-electron chi connectivity index (χ3n) is 2.65. The molecule has 0 bridgehead atoms. The lowest BCUT2D eigenvalue weighted by Gasteiger charge is -2.18. The second kappa shape index (κ2) is 6.35. The predicted octanol–water partition coefficient (Wildman–Crippen LogP) is 2.55. The number of carbonyl (C=O) groups is 1. The van der Waals surface area contributed by atoms with Crippen LogP contribution in [0.5, 0.6) is 0 Å². The summed E-state index contributed by atoms with van der Waals surface area (Å²) in [5.74, 6) is -0.733. The molecule has 0 radical (unpaired) electrons. The monoisotopic (exact) mass is 254 g/mol. The molecule has 0 saturated heterocycles. The van der Waals surface area contributed by atoms with Crippen molar-refractivity contribution in [2.24, 2.45) is 0 Å². The molecule has 0 aliphatic heterocycles. The van der Waals surface area contributed by atoms with Gasteiger partial charge < -0.3 is 15.8 Å². The second-order valence-corrected chi connectivity index (χ2v) is 4.22. The molecule has 5 heteroatoms. The van der Waals surface area contributed by atoms with Crippen LogP contribution >= 0.6 is 0 Å². The van der Waals surface area contributed by atoms with Gasteiger partial charge in [-0.3, -0.25) is 4.79 Å². The number of nitrogens with two attached hydrogens (primary N) is 1. The molecule has 1 aromatic carbocycles. The van der Waals surface area contributed by atoms with Crippen molar-refractivity contribution < 1.29 is 13.9 Å². The Kier molecular flexibility index (Phi) is 5.09. The Morgan fingerprint density at radius 2 is 2.17 bits per heavy atom. The molecule has 0 aliphatic rings. The van der Waals surface area contributed by atoms with Crippen LogP contribution in [-0.2, 0) is 9.53 Å². The highest BCUT2D eigenvalue weighted by atomic mass is 19.1. The van der Waals surface area contributed by atoms with Crippen molar-refractivity contribution in [3.63, 3.8) is 0 Å². The fourth-order valence-corrected chi connectivity index (χ4v) is 1.39. The van der Waals surface area contributed by atoms with Gasteiger partial charge in [0.1, 0.15) is 11.9 Å². The lowest BCUT2D eigenvalue weighted by Crippen LogP contribution is -2.30. The van der Waals surface area contributed by atoms with Crippen LogP contribution in [0.4, 0.5) is 15.8 Å². The first kappa shape index (κ1) is 14.4. The number of halogens is 1. The van der Waals surface area contributed by atoms with Crippen LogP contribution < -0.4 is 11.1 Å². The van der Waals surface area contributed by atoms with Crippen LogP contribution in [0.25, 0.3) is 0 Å². The molecule has 2 unspecified atom stereocenters. The average molecular weight is 254 g/mol. The maximum Gasteiger partial charge on any atom is 0.253 e. The molecule has 0 aliphatic carbocycles. The quantitative estimate of drug-likeness (QED) is 0.794. The SMILES string of the molecule is CCC(C)OC(C)C(=O)Nc1ccc(F)cc1N. The number of anilines is 2. The van der Waals surface area contributed by atoms with Crippen molar-refractivity contribution in [2.45, 2.75) is 39.4 Å². The molecular weight excluding hydrogens is 235 g/mol. The van der Waals surface area contributed by atoms with Gasteiger partial charge >= 0.3 is 0 Å². The highest BCUT2D eigenvalue weighted by Gasteiger charge is 2.16. The molecule has 1 rings (SSSR count). The summed E-state index contributed by atoms with van der Waals surface area (Å²) >= 11 is 0. The molecule has 0 saturated carbocycles. The summed E-state index contributed by atoms with van der Waals surface area (Å²) in [5, 5.41) is 2.61. The first-order chi connectivity index (χ1) is 8.43. The van der Waals surface area contributed by atoms with E-state index in [1.807, 2.05) is 13.8 Å². The van der Waals surface area contributed by atoms with Crippen LogP contribution in [0, 0.1) is 5.82 Å². The van der Waals surface area contributed by atoms with Crippen molar-refractivity contribution in [1.29, 1.82) is 0 Å². The predicted molar refractivity (Wildman–Crippen MR) is 69.7 cm³/mol. The van der Waals surface area contributed by atoms with E-state index in [4.69, 9.17) is 10.5 Å². The summed E-state index contributed by atoms with van der Waals surface area (Å²) in [6, 6.07) is 3.83. The zero-order valence-corrected chi connectivity index (χ0v) is 10.9. The van der Waals surface area contributed by atoms with Gasteiger partial charge in [-0.15, -0.1) is 0 Å². The molecule has 1 aromatic rings. The molecule has 0 heterocycles. The molecule has 100 valence electrons. The zero-order chi connectivity index (χ0) is 13.7. The van der Waals surface area contributed by atoms with E-state index >= 15 is 0 Å². The molecule has 2 atom stereocenters. The van der Waals surface area contributed by atoms with Gasteiger partial charge in [-0.2, -0.15) is 0 Å². The summed E-state index contributed by atoms with van der Waals surface area (Å²) < 4.78 is 18.3. The van der Waals surface area contributed by atoms with Crippen molar-refractivity contribution in [2.75, 3.05) is 11.1 Å². The summed E-state index contributed by atoms with van der Waals surface area (Å²) in [7, 11) is 0. The lowest BCUT2D eigenvalue weighted by molar-refractivity contribution is -0.129. The highest BCUT2D eigenvalue weighted by Crippen LogP contribution is 2.19. The Bertz CT molecular complexity index is 423. The van der Waals surface area contributed by atoms with Crippen LogP contribution in [0.3, 0.4) is 0 Å². The molecule has 4 nitrogen and oxygen atoms in total. The van der Waals surface area contributed by atoms with E-state index < -0.39 is 11.9 Å². The summed E-state index contributed by atoms with van der Waals surface area (Å²) in [5.41, 5.74) is 6.19. The Labute approximate surface area is 106 Å². The summed E-state index contributed by atoms with van der Waals surface area (Å²) in [6.07, 6.45) is 0.261. The lowest BCUT2D eigenvalue weighted by atomic mass is 10.2. The number of rotatable bonds is 5. The summed E-state index contributed by atoms with van der Waals surface area (Å²) in [6.45, 7) is 5.55. The topological polar surface area (TPSA) is 64.3 Å². The van der Waals surface area contributed by atoms with Gasteiger partial charge in [-0.1, -0.05) is 6.92 Å². The van der Waals surface area contributed by atoms with Crippen LogP contribution in [0.2, 0.25) is 0 Å². The first-order valence-electron chi connectivity index (χ1n) is 5.95. The fourth-order valence-electron chi connectivity index (χ4n) is 1.39. The Balaban J connectivity index is 2.64. The molecular formula is C13H19FN2O2. The molecule has 3 N–H and O–H groups in total. The number of hydrogen-bond acceptors (Lipinski definition) is 3. The minimum Gasteiger partial charge on any atom is -0.397 e. The van der Waals surface area contributed by atoms with Crippen LogP contribution in [0.1, 0.15) is 27.2 Å². The van der Waals surface area contributed by atoms with Crippen LogP contribution in [-0.4, -0.2) is 18.1 Å². The maximum absolute atomic E-state index is 12.8. The number of carbonyl (C=O) groups excluding carboxylic acids is 1. The van der Waals surface area contributed by atoms with E-state index in [0.717, 1.165) is 12.5 Å². The Morgan fingerprint density at radius 3 is 2.72 bits per heavy atom. The largest absolute Gasteiger partial charge is 0.397 e.